The Labute approximate surface area is 178 Å². The molecule has 0 unspecified atom stereocenters. The Morgan fingerprint density at radius 2 is 2.00 bits per heavy atom. The number of hydrogen-bond acceptors (Lipinski definition) is 6. The van der Waals surface area contributed by atoms with Gasteiger partial charge in [0, 0.05) is 12.0 Å². The molecule has 0 atom stereocenters. The number of rotatable bonds is 8. The van der Waals surface area contributed by atoms with E-state index in [-0.39, 0.29) is 11.4 Å². The maximum absolute atomic E-state index is 13.8. The lowest BCUT2D eigenvalue weighted by Crippen LogP contribution is -2.27. The van der Waals surface area contributed by atoms with E-state index in [9.17, 15) is 9.18 Å². The van der Waals surface area contributed by atoms with Crippen LogP contribution in [0.1, 0.15) is 30.6 Å². The van der Waals surface area contributed by atoms with Crippen molar-refractivity contribution < 1.29 is 8.91 Å². The molecule has 0 bridgehead atoms. The largest absolute Gasteiger partial charge is 0.339 e. The van der Waals surface area contributed by atoms with Crippen LogP contribution in [0.2, 0.25) is 0 Å². The molecule has 0 fully saturated rings. The van der Waals surface area contributed by atoms with Crippen molar-refractivity contribution in [2.24, 2.45) is 0 Å². The topological polar surface area (TPSA) is 87.9 Å². The van der Waals surface area contributed by atoms with Crippen molar-refractivity contribution in [3.8, 4) is 11.4 Å². The van der Waals surface area contributed by atoms with Gasteiger partial charge in [-0.2, -0.15) is 4.98 Å². The number of fused-ring (bicyclic) bond motifs is 1. The van der Waals surface area contributed by atoms with E-state index >= 15 is 0 Å². The monoisotopic (exact) mass is 421 g/mol. The molecule has 2 aromatic heterocycles. The normalized spacial score (nSPS) is 11.5. The number of benzene rings is 2. The minimum atomic E-state index is -0.289. The van der Waals surface area contributed by atoms with E-state index in [0.717, 1.165) is 19.5 Å². The Kier molecular flexibility index (Phi) is 6.18. The molecule has 0 radical (unpaired) electrons. The summed E-state index contributed by atoms with van der Waals surface area (Å²) in [4.78, 5) is 26.3. The summed E-state index contributed by atoms with van der Waals surface area (Å²) < 4.78 is 19.1. The first-order valence-corrected chi connectivity index (χ1v) is 10.3. The zero-order chi connectivity index (χ0) is 21.8. The lowest BCUT2D eigenvalue weighted by atomic mass is 10.1. The van der Waals surface area contributed by atoms with Gasteiger partial charge in [0.05, 0.1) is 17.4 Å². The van der Waals surface area contributed by atoms with Gasteiger partial charge in [0.25, 0.3) is 5.56 Å². The highest BCUT2D eigenvalue weighted by Crippen LogP contribution is 2.19. The molecule has 1 N–H and O–H groups in total. The molecule has 7 nitrogen and oxygen atoms in total. The SMILES string of the molecule is CCN(CCCc1nc(-c2ccc(C)c(F)c2)no1)Cc1nc2ccccc2c(=O)[nH]1. The van der Waals surface area contributed by atoms with Crippen molar-refractivity contribution in [2.45, 2.75) is 33.2 Å². The number of aromatic nitrogens is 4. The Morgan fingerprint density at radius 1 is 1.16 bits per heavy atom. The van der Waals surface area contributed by atoms with Gasteiger partial charge in [-0.3, -0.25) is 9.69 Å². The molecule has 0 aliphatic carbocycles. The lowest BCUT2D eigenvalue weighted by Gasteiger charge is -2.19. The van der Waals surface area contributed by atoms with Crippen molar-refractivity contribution in [1.82, 2.24) is 25.0 Å². The highest BCUT2D eigenvalue weighted by molar-refractivity contribution is 5.77. The summed E-state index contributed by atoms with van der Waals surface area (Å²) in [7, 11) is 0. The highest BCUT2D eigenvalue weighted by atomic mass is 19.1. The maximum Gasteiger partial charge on any atom is 0.258 e. The fourth-order valence-electron chi connectivity index (χ4n) is 3.43. The summed E-state index contributed by atoms with van der Waals surface area (Å²) in [5, 5.41) is 4.56. The van der Waals surface area contributed by atoms with E-state index in [4.69, 9.17) is 4.52 Å². The summed E-state index contributed by atoms with van der Waals surface area (Å²) in [6, 6.07) is 12.2. The summed E-state index contributed by atoms with van der Waals surface area (Å²) in [5.74, 6) is 1.26. The molecule has 8 heteroatoms. The highest BCUT2D eigenvalue weighted by Gasteiger charge is 2.12. The minimum absolute atomic E-state index is 0.123. The van der Waals surface area contributed by atoms with Crippen molar-refractivity contribution in [1.29, 1.82) is 0 Å². The number of aromatic amines is 1. The number of nitrogens with zero attached hydrogens (tertiary/aromatic N) is 4. The number of aryl methyl sites for hydroxylation is 2. The summed E-state index contributed by atoms with van der Waals surface area (Å²) in [6.07, 6.45) is 1.41. The minimum Gasteiger partial charge on any atom is -0.339 e. The second kappa shape index (κ2) is 9.18. The standard InChI is InChI=1S/C23H24FN5O2/c1-3-29(14-20-25-19-8-5-4-7-17(19)23(30)26-20)12-6-9-21-27-22(28-31-21)16-11-10-15(2)18(24)13-16/h4-5,7-8,10-11,13H,3,6,9,12,14H2,1-2H3,(H,25,26,30). The molecule has 0 spiro atoms. The van der Waals surface area contributed by atoms with Crippen molar-refractivity contribution in [2.75, 3.05) is 13.1 Å². The van der Waals surface area contributed by atoms with Gasteiger partial charge in [-0.25, -0.2) is 9.37 Å². The molecule has 0 amide bonds. The molecule has 0 saturated heterocycles. The molecule has 2 heterocycles. The average Bonchev–Trinajstić information content (AvgIpc) is 3.24. The summed E-state index contributed by atoms with van der Waals surface area (Å²) in [5.41, 5.74) is 1.75. The third-order valence-electron chi connectivity index (χ3n) is 5.25. The third kappa shape index (κ3) is 4.86. The van der Waals surface area contributed by atoms with E-state index in [1.165, 1.54) is 6.07 Å². The molecule has 31 heavy (non-hydrogen) atoms. The van der Waals surface area contributed by atoms with Crippen LogP contribution >= 0.6 is 0 Å². The Balaban J connectivity index is 1.36. The maximum atomic E-state index is 13.8. The molecule has 4 rings (SSSR count). The van der Waals surface area contributed by atoms with Crippen LogP contribution in [0, 0.1) is 12.7 Å². The van der Waals surface area contributed by atoms with E-state index in [2.05, 4.69) is 31.9 Å². The molecular weight excluding hydrogens is 397 g/mol. The molecular formula is C23H24FN5O2. The number of H-pyrrole nitrogens is 1. The van der Waals surface area contributed by atoms with Gasteiger partial charge in [-0.05, 0) is 50.2 Å². The number of nitrogens with one attached hydrogen (secondary N) is 1. The fourth-order valence-corrected chi connectivity index (χ4v) is 3.43. The second-order valence-corrected chi connectivity index (χ2v) is 7.48. The Morgan fingerprint density at radius 3 is 2.81 bits per heavy atom. The Bertz CT molecular complexity index is 1250. The van der Waals surface area contributed by atoms with E-state index in [1.54, 1.807) is 25.1 Å². The first kappa shape index (κ1) is 20.9. The molecule has 2 aromatic carbocycles. The fraction of sp³-hybridized carbons (Fsp3) is 0.304. The van der Waals surface area contributed by atoms with Crippen molar-refractivity contribution in [3.63, 3.8) is 0 Å². The van der Waals surface area contributed by atoms with E-state index in [1.807, 2.05) is 18.2 Å². The summed E-state index contributed by atoms with van der Waals surface area (Å²) >= 11 is 0. The zero-order valence-electron chi connectivity index (χ0n) is 17.6. The second-order valence-electron chi connectivity index (χ2n) is 7.48. The predicted molar refractivity (Wildman–Crippen MR) is 116 cm³/mol. The first-order valence-electron chi connectivity index (χ1n) is 10.3. The first-order chi connectivity index (χ1) is 15.0. The number of halogens is 1. The van der Waals surface area contributed by atoms with E-state index in [0.29, 0.717) is 52.5 Å². The lowest BCUT2D eigenvalue weighted by molar-refractivity contribution is 0.264. The van der Waals surface area contributed by atoms with Crippen LogP contribution in [0.5, 0.6) is 0 Å². The number of hydrogen-bond donors (Lipinski definition) is 1. The average molecular weight is 421 g/mol. The predicted octanol–water partition coefficient (Wildman–Crippen LogP) is 3.88. The zero-order valence-corrected chi connectivity index (χ0v) is 17.6. The smallest absolute Gasteiger partial charge is 0.258 e. The van der Waals surface area contributed by atoms with Crippen LogP contribution in [0.4, 0.5) is 4.39 Å². The molecule has 160 valence electrons. The van der Waals surface area contributed by atoms with E-state index < -0.39 is 0 Å². The van der Waals surface area contributed by atoms with Gasteiger partial charge >= 0.3 is 0 Å². The quantitative estimate of drug-likeness (QED) is 0.465. The van der Waals surface area contributed by atoms with Gasteiger partial charge < -0.3 is 9.51 Å². The Hall–Kier alpha value is -3.39. The molecule has 0 aliphatic heterocycles. The van der Waals surface area contributed by atoms with Crippen molar-refractivity contribution in [3.05, 3.63) is 75.9 Å². The van der Waals surface area contributed by atoms with Crippen molar-refractivity contribution >= 4 is 10.9 Å². The molecule has 4 aromatic rings. The van der Waals surface area contributed by atoms with Gasteiger partial charge in [0.15, 0.2) is 0 Å². The van der Waals surface area contributed by atoms with Gasteiger partial charge in [0.1, 0.15) is 11.6 Å². The number of para-hydroxylation sites is 1. The molecule has 0 saturated carbocycles. The van der Waals surface area contributed by atoms with Crippen LogP contribution in [0.15, 0.2) is 51.8 Å². The third-order valence-corrected chi connectivity index (χ3v) is 5.25. The van der Waals surface area contributed by atoms with Gasteiger partial charge in [-0.15, -0.1) is 0 Å². The summed E-state index contributed by atoms with van der Waals surface area (Å²) in [6.45, 7) is 5.92. The van der Waals surface area contributed by atoms with Crippen LogP contribution in [0.25, 0.3) is 22.3 Å². The van der Waals surface area contributed by atoms with Gasteiger partial charge in [0.2, 0.25) is 11.7 Å². The van der Waals surface area contributed by atoms with Crippen LogP contribution < -0.4 is 5.56 Å². The molecule has 0 aliphatic rings. The van der Waals surface area contributed by atoms with Crippen LogP contribution in [-0.2, 0) is 13.0 Å². The van der Waals surface area contributed by atoms with Crippen LogP contribution in [0.3, 0.4) is 0 Å². The van der Waals surface area contributed by atoms with Gasteiger partial charge in [-0.1, -0.05) is 36.3 Å². The van der Waals surface area contributed by atoms with Crippen LogP contribution in [-0.4, -0.2) is 38.1 Å².